The summed E-state index contributed by atoms with van der Waals surface area (Å²) < 4.78 is 16.2. The van der Waals surface area contributed by atoms with E-state index in [-0.39, 0.29) is 53.7 Å². The molecule has 0 radical (unpaired) electrons. The molecule has 9 rings (SSSR count). The van der Waals surface area contributed by atoms with Crippen molar-refractivity contribution in [3.05, 3.63) is 122 Å². The zero-order valence-electron chi connectivity index (χ0n) is 33.9. The van der Waals surface area contributed by atoms with Gasteiger partial charge in [-0.05, 0) is 97.0 Å². The Kier molecular flexibility index (Phi) is 11.3. The van der Waals surface area contributed by atoms with Crippen LogP contribution in [0.15, 0.2) is 72.9 Å². The summed E-state index contributed by atoms with van der Waals surface area (Å²) in [6, 6.07) is 16.6. The van der Waals surface area contributed by atoms with Crippen LogP contribution in [0.4, 0.5) is 15.8 Å². The fourth-order valence-electron chi connectivity index (χ4n) is 10.4. The number of halogens is 3. The molecule has 16 heteroatoms. The van der Waals surface area contributed by atoms with E-state index in [0.717, 1.165) is 24.8 Å². The molecule has 6 amide bonds. The zero-order valence-corrected chi connectivity index (χ0v) is 35.4. The quantitative estimate of drug-likeness (QED) is 0.0607. The molecule has 5 aliphatic rings. The van der Waals surface area contributed by atoms with Gasteiger partial charge in [0.25, 0.3) is 11.8 Å². The maximum Gasteiger partial charge on any atom is 0.255 e. The van der Waals surface area contributed by atoms with Crippen LogP contribution in [-0.4, -0.2) is 69.5 Å². The molecule has 1 aliphatic carbocycles. The van der Waals surface area contributed by atoms with E-state index < -0.39 is 46.6 Å². The number of nitrogens with one attached hydrogen (secondary N) is 5. The van der Waals surface area contributed by atoms with Gasteiger partial charge in [-0.15, -0.1) is 0 Å². The SMILES string of the molecule is O=C1CCC(N2Cc3c(C#CCCCNC(=O)c4ccc(NC(=O)[C@@H]5NC6(CCCCC6)[C@@]6(C(=O)Nc7cc(Cl)ccc76)[C@H]5c5ccnc(Cl)c5F)cc4)cccc3C2=O)C(=O)N1. The average Bonchev–Trinajstić information content (AvgIpc) is 3.87. The summed E-state index contributed by atoms with van der Waals surface area (Å²) in [5.41, 5.74) is 1.65. The molecule has 5 heterocycles. The minimum atomic E-state index is -1.39. The van der Waals surface area contributed by atoms with Crippen LogP contribution in [-0.2, 0) is 31.1 Å². The van der Waals surface area contributed by atoms with Gasteiger partial charge in [0.1, 0.15) is 11.5 Å². The Labute approximate surface area is 372 Å². The monoisotopic (exact) mass is 889 g/mol. The second kappa shape index (κ2) is 16.9. The van der Waals surface area contributed by atoms with E-state index in [9.17, 15) is 28.8 Å². The predicted octanol–water partition coefficient (Wildman–Crippen LogP) is 6.14. The Morgan fingerprint density at radius 3 is 2.54 bits per heavy atom. The lowest BCUT2D eigenvalue weighted by molar-refractivity contribution is -0.137. The number of unbranched alkanes of at least 4 members (excludes halogenated alkanes) is 1. The topological polar surface area (TPSA) is 179 Å². The summed E-state index contributed by atoms with van der Waals surface area (Å²) in [6.07, 6.45) is 6.56. The summed E-state index contributed by atoms with van der Waals surface area (Å²) in [4.78, 5) is 84.8. The van der Waals surface area contributed by atoms with Gasteiger partial charge in [0.2, 0.25) is 23.6 Å². The summed E-state index contributed by atoms with van der Waals surface area (Å²) >= 11 is 12.6. The normalized spacial score (nSPS) is 23.2. The first-order chi connectivity index (χ1) is 30.4. The van der Waals surface area contributed by atoms with Gasteiger partial charge in [-0.2, -0.15) is 0 Å². The molecule has 2 saturated heterocycles. The van der Waals surface area contributed by atoms with Gasteiger partial charge >= 0.3 is 0 Å². The highest BCUT2D eigenvalue weighted by atomic mass is 35.5. The number of hydrogen-bond donors (Lipinski definition) is 5. The molecule has 1 unspecified atom stereocenters. The smallest absolute Gasteiger partial charge is 0.255 e. The first kappa shape index (κ1) is 42.2. The molecule has 322 valence electrons. The second-order valence-corrected chi connectivity index (χ2v) is 17.5. The first-order valence-electron chi connectivity index (χ1n) is 21.1. The molecule has 63 heavy (non-hydrogen) atoms. The number of rotatable bonds is 8. The highest BCUT2D eigenvalue weighted by Gasteiger charge is 2.72. The molecule has 4 aliphatic heterocycles. The van der Waals surface area contributed by atoms with Gasteiger partial charge in [-0.1, -0.05) is 66.4 Å². The molecule has 1 saturated carbocycles. The van der Waals surface area contributed by atoms with Crippen LogP contribution in [0.3, 0.4) is 0 Å². The number of nitrogens with zero attached hydrogens (tertiary/aromatic N) is 2. The Balaban J connectivity index is 0.860. The van der Waals surface area contributed by atoms with Crippen LogP contribution >= 0.6 is 23.2 Å². The Morgan fingerprint density at radius 2 is 1.76 bits per heavy atom. The number of anilines is 2. The van der Waals surface area contributed by atoms with Crippen molar-refractivity contribution in [1.82, 2.24) is 25.8 Å². The van der Waals surface area contributed by atoms with E-state index in [2.05, 4.69) is 43.4 Å². The van der Waals surface area contributed by atoms with Gasteiger partial charge in [-0.25, -0.2) is 9.37 Å². The van der Waals surface area contributed by atoms with Gasteiger partial charge in [0.15, 0.2) is 11.0 Å². The van der Waals surface area contributed by atoms with Crippen molar-refractivity contribution in [3.63, 3.8) is 0 Å². The van der Waals surface area contributed by atoms with E-state index in [4.69, 9.17) is 23.2 Å². The first-order valence-corrected chi connectivity index (χ1v) is 21.8. The molecule has 5 N–H and O–H groups in total. The molecular formula is C47H42Cl2FN7O6. The number of fused-ring (bicyclic) bond motifs is 4. The van der Waals surface area contributed by atoms with Crippen molar-refractivity contribution in [2.24, 2.45) is 0 Å². The van der Waals surface area contributed by atoms with Crippen molar-refractivity contribution in [3.8, 4) is 11.8 Å². The van der Waals surface area contributed by atoms with E-state index in [0.29, 0.717) is 70.9 Å². The third-order valence-electron chi connectivity index (χ3n) is 13.2. The number of amides is 6. The van der Waals surface area contributed by atoms with Gasteiger partial charge in [0.05, 0.1) is 6.04 Å². The standard InChI is InChI=1S/C47H42Cl2FN7O6/c48-28-13-16-33-34(24-28)54-45(63)47(33)37(31-19-23-51-40(49)38(31)50)39(56-46(47)20-4-2-5-21-46)43(61)53-29-14-11-27(12-15-29)41(59)52-22-6-1-3-8-26-9-7-10-30-32(26)25-57(44(30)62)35-17-18-36(58)55-42(35)60/h7,9-16,19,23-24,35,37,39,56H,1-2,4-6,17-18,20-22,25H2,(H,52,59)(H,53,61)(H,54,63)(H,55,58,60)/t35?,37-,39+,47+/m0/s1. The third-order valence-corrected chi connectivity index (χ3v) is 13.7. The van der Waals surface area contributed by atoms with E-state index in [1.165, 1.54) is 17.2 Å². The lowest BCUT2D eigenvalue weighted by Gasteiger charge is -2.47. The van der Waals surface area contributed by atoms with Crippen LogP contribution in [0.5, 0.6) is 0 Å². The zero-order chi connectivity index (χ0) is 44.0. The minimum absolute atomic E-state index is 0.0967. The molecule has 4 atom stereocenters. The van der Waals surface area contributed by atoms with E-state index in [1.54, 1.807) is 54.6 Å². The maximum atomic E-state index is 16.2. The summed E-state index contributed by atoms with van der Waals surface area (Å²) in [5, 5.41) is 14.8. The van der Waals surface area contributed by atoms with Crippen LogP contribution in [0.25, 0.3) is 0 Å². The summed E-state index contributed by atoms with van der Waals surface area (Å²) in [7, 11) is 0. The number of imide groups is 1. The maximum absolute atomic E-state index is 16.2. The predicted molar refractivity (Wildman–Crippen MR) is 232 cm³/mol. The van der Waals surface area contributed by atoms with E-state index >= 15 is 4.39 Å². The molecule has 13 nitrogen and oxygen atoms in total. The molecule has 4 aromatic rings. The van der Waals surface area contributed by atoms with Crippen LogP contribution < -0.4 is 26.6 Å². The molecule has 3 fully saturated rings. The van der Waals surface area contributed by atoms with Gasteiger partial charge in [-0.3, -0.25) is 39.4 Å². The van der Waals surface area contributed by atoms with Gasteiger partial charge < -0.3 is 20.9 Å². The Hall–Kier alpha value is -6.14. The van der Waals surface area contributed by atoms with Crippen molar-refractivity contribution in [1.29, 1.82) is 0 Å². The average molecular weight is 891 g/mol. The fourth-order valence-corrected chi connectivity index (χ4v) is 10.7. The third kappa shape index (κ3) is 7.31. The largest absolute Gasteiger partial charge is 0.352 e. The second-order valence-electron chi connectivity index (χ2n) is 16.7. The van der Waals surface area contributed by atoms with Crippen LogP contribution in [0.1, 0.15) is 107 Å². The number of aromatic nitrogens is 1. The lowest BCUT2D eigenvalue weighted by atomic mass is 9.55. The van der Waals surface area contributed by atoms with Crippen LogP contribution in [0.2, 0.25) is 10.2 Å². The summed E-state index contributed by atoms with van der Waals surface area (Å²) in [6.45, 7) is 0.575. The molecule has 3 aromatic carbocycles. The molecular weight excluding hydrogens is 848 g/mol. The number of pyridine rings is 1. The number of piperidine rings is 1. The highest BCUT2D eigenvalue weighted by molar-refractivity contribution is 6.31. The molecule has 2 spiro atoms. The lowest BCUT2D eigenvalue weighted by Crippen LogP contribution is -2.60. The van der Waals surface area contributed by atoms with Gasteiger partial charge in [0, 0.05) is 76.7 Å². The fraction of sp³-hybridized carbons (Fsp3) is 0.340. The minimum Gasteiger partial charge on any atom is -0.352 e. The molecule has 1 aromatic heterocycles. The Morgan fingerprint density at radius 1 is 0.968 bits per heavy atom. The van der Waals surface area contributed by atoms with Crippen LogP contribution in [0, 0.1) is 17.7 Å². The molecule has 0 bridgehead atoms. The number of carbonyl (C=O) groups excluding carboxylic acids is 6. The Bertz CT molecular complexity index is 2660. The van der Waals surface area contributed by atoms with Crippen molar-refractivity contribution < 1.29 is 33.2 Å². The summed E-state index contributed by atoms with van der Waals surface area (Å²) in [5.74, 6) is 2.21. The highest BCUT2D eigenvalue weighted by Crippen LogP contribution is 2.62. The number of hydrogen-bond acceptors (Lipinski definition) is 8. The number of benzene rings is 3. The van der Waals surface area contributed by atoms with Crippen molar-refractivity contribution >= 4 is 70.0 Å². The van der Waals surface area contributed by atoms with Crippen molar-refractivity contribution in [2.75, 3.05) is 17.2 Å². The van der Waals surface area contributed by atoms with E-state index in [1.807, 2.05) is 6.07 Å². The van der Waals surface area contributed by atoms with Crippen molar-refractivity contribution in [2.45, 2.75) is 93.3 Å². The number of carbonyl (C=O) groups is 6.